The lowest BCUT2D eigenvalue weighted by Crippen LogP contribution is -2.57. The molecule has 0 aromatic carbocycles. The maximum Gasteiger partial charge on any atom is 0.407 e. The molecule has 0 radical (unpaired) electrons. The first-order valence-electron chi connectivity index (χ1n) is 9.33. The van der Waals surface area contributed by atoms with Gasteiger partial charge in [0, 0.05) is 25.2 Å². The molecule has 4 aliphatic rings. The molecule has 2 unspecified atom stereocenters. The molecule has 4 rings (SSSR count). The number of likely N-dealkylation sites (tertiary alicyclic amines) is 3. The summed E-state index contributed by atoms with van der Waals surface area (Å²) in [5.41, 5.74) is 0.237. The Labute approximate surface area is 142 Å². The van der Waals surface area contributed by atoms with Crippen molar-refractivity contribution >= 4 is 6.09 Å². The summed E-state index contributed by atoms with van der Waals surface area (Å²) < 4.78 is 0. The number of piperidine rings is 1. The Morgan fingerprint density at radius 1 is 0.917 bits per heavy atom. The molecule has 1 aliphatic carbocycles. The van der Waals surface area contributed by atoms with Gasteiger partial charge in [-0.1, -0.05) is 0 Å². The van der Waals surface area contributed by atoms with E-state index in [1.807, 2.05) is 4.90 Å². The molecule has 0 aromatic rings. The van der Waals surface area contributed by atoms with Crippen LogP contribution in [0.2, 0.25) is 0 Å². The second-order valence-electron chi connectivity index (χ2n) is 8.27. The predicted molar refractivity (Wildman–Crippen MR) is 87.4 cm³/mol. The number of amides is 1. The van der Waals surface area contributed by atoms with Gasteiger partial charge in [-0.2, -0.15) is 0 Å². The molecule has 24 heavy (non-hydrogen) atoms. The molecule has 0 bridgehead atoms. The summed E-state index contributed by atoms with van der Waals surface area (Å²) in [7, 11) is 0. The third-order valence-corrected chi connectivity index (χ3v) is 6.85. The Kier molecular flexibility index (Phi) is 4.23. The van der Waals surface area contributed by atoms with Gasteiger partial charge in [-0.15, -0.1) is 0 Å². The van der Waals surface area contributed by atoms with E-state index < -0.39 is 18.5 Å². The minimum Gasteiger partial charge on any atom is -0.465 e. The molecule has 3 heterocycles. The van der Waals surface area contributed by atoms with Crippen LogP contribution in [0.15, 0.2) is 0 Å². The Bertz CT molecular complexity index is 478. The first-order chi connectivity index (χ1) is 11.5. The molecule has 136 valence electrons. The van der Waals surface area contributed by atoms with Crippen molar-refractivity contribution in [3.8, 4) is 0 Å². The van der Waals surface area contributed by atoms with Crippen molar-refractivity contribution in [2.45, 2.75) is 69.5 Å². The molecule has 1 amide bonds. The van der Waals surface area contributed by atoms with Crippen LogP contribution in [0, 0.1) is 5.41 Å². The average Bonchev–Trinajstić information content (AvgIpc) is 3.11. The van der Waals surface area contributed by atoms with Crippen LogP contribution in [-0.4, -0.2) is 86.8 Å². The van der Waals surface area contributed by atoms with Crippen molar-refractivity contribution < 1.29 is 20.1 Å². The molecule has 2 atom stereocenters. The fourth-order valence-electron chi connectivity index (χ4n) is 5.46. The van der Waals surface area contributed by atoms with E-state index in [4.69, 9.17) is 5.11 Å². The molecular weight excluding hydrogens is 310 g/mol. The van der Waals surface area contributed by atoms with E-state index in [2.05, 4.69) is 4.90 Å². The van der Waals surface area contributed by atoms with Gasteiger partial charge < -0.3 is 25.1 Å². The topological polar surface area (TPSA) is 87.5 Å². The second kappa shape index (κ2) is 6.12. The van der Waals surface area contributed by atoms with E-state index >= 15 is 0 Å². The SMILES string of the molecule is O=C(O)N1CCC2(CC(N3CCC(N4C(O)CCC4O)CC3)C2)C1. The Morgan fingerprint density at radius 2 is 1.54 bits per heavy atom. The van der Waals surface area contributed by atoms with E-state index in [1.54, 1.807) is 4.90 Å². The molecule has 4 fully saturated rings. The Balaban J connectivity index is 1.26. The first kappa shape index (κ1) is 16.6. The van der Waals surface area contributed by atoms with Crippen LogP contribution >= 0.6 is 0 Å². The van der Waals surface area contributed by atoms with Gasteiger partial charge in [0.25, 0.3) is 0 Å². The highest BCUT2D eigenvalue weighted by atomic mass is 16.4. The van der Waals surface area contributed by atoms with Crippen LogP contribution < -0.4 is 0 Å². The van der Waals surface area contributed by atoms with Crippen LogP contribution in [0.25, 0.3) is 0 Å². The largest absolute Gasteiger partial charge is 0.465 e. The van der Waals surface area contributed by atoms with Crippen LogP contribution in [0.5, 0.6) is 0 Å². The number of aliphatic hydroxyl groups excluding tert-OH is 2. The zero-order valence-electron chi connectivity index (χ0n) is 14.2. The van der Waals surface area contributed by atoms with Crippen molar-refractivity contribution in [1.29, 1.82) is 0 Å². The van der Waals surface area contributed by atoms with E-state index in [0.717, 1.165) is 45.2 Å². The lowest BCUT2D eigenvalue weighted by Gasteiger charge is -2.52. The standard InChI is InChI=1S/C17H29N3O4/c21-14-1-2-15(22)20(14)12-3-6-18(7-4-12)13-9-17(10-13)5-8-19(11-17)16(23)24/h12-15,21-22H,1-11H2,(H,23,24). The monoisotopic (exact) mass is 339 g/mol. The van der Waals surface area contributed by atoms with Gasteiger partial charge >= 0.3 is 6.09 Å². The number of aliphatic hydroxyl groups is 2. The highest BCUT2D eigenvalue weighted by Gasteiger charge is 2.51. The Morgan fingerprint density at radius 3 is 2.08 bits per heavy atom. The molecule has 1 spiro atoms. The lowest BCUT2D eigenvalue weighted by molar-refractivity contribution is -0.0992. The van der Waals surface area contributed by atoms with Gasteiger partial charge in [0.15, 0.2) is 0 Å². The molecule has 7 heteroatoms. The third-order valence-electron chi connectivity index (χ3n) is 6.85. The highest BCUT2D eigenvalue weighted by Crippen LogP contribution is 2.50. The first-order valence-corrected chi connectivity index (χ1v) is 9.33. The van der Waals surface area contributed by atoms with E-state index in [1.165, 1.54) is 0 Å². The number of hydrogen-bond donors (Lipinski definition) is 3. The summed E-state index contributed by atoms with van der Waals surface area (Å²) >= 11 is 0. The summed E-state index contributed by atoms with van der Waals surface area (Å²) in [5.74, 6) is 0. The van der Waals surface area contributed by atoms with E-state index in [0.29, 0.717) is 32.0 Å². The van der Waals surface area contributed by atoms with Gasteiger partial charge in [0.05, 0.1) is 0 Å². The minimum atomic E-state index is -0.779. The summed E-state index contributed by atoms with van der Waals surface area (Å²) in [6.45, 7) is 3.43. The van der Waals surface area contributed by atoms with Crippen molar-refractivity contribution in [1.82, 2.24) is 14.7 Å². The molecule has 1 saturated carbocycles. The van der Waals surface area contributed by atoms with Gasteiger partial charge in [-0.05, 0) is 63.5 Å². The van der Waals surface area contributed by atoms with Crippen molar-refractivity contribution in [3.05, 3.63) is 0 Å². The number of hydrogen-bond acceptors (Lipinski definition) is 5. The third kappa shape index (κ3) is 2.81. The van der Waals surface area contributed by atoms with Gasteiger partial charge in [0.2, 0.25) is 0 Å². The molecule has 7 nitrogen and oxygen atoms in total. The van der Waals surface area contributed by atoms with Crippen LogP contribution in [0.1, 0.15) is 44.9 Å². The van der Waals surface area contributed by atoms with Crippen molar-refractivity contribution in [2.75, 3.05) is 26.2 Å². The highest BCUT2D eigenvalue weighted by molar-refractivity contribution is 5.65. The molecular formula is C17H29N3O4. The van der Waals surface area contributed by atoms with Gasteiger partial charge in [0.1, 0.15) is 12.5 Å². The number of carbonyl (C=O) groups is 1. The maximum absolute atomic E-state index is 11.1. The van der Waals surface area contributed by atoms with Crippen LogP contribution in [0.4, 0.5) is 4.79 Å². The summed E-state index contributed by atoms with van der Waals surface area (Å²) in [6, 6.07) is 0.880. The molecule has 3 saturated heterocycles. The number of carboxylic acid groups (broad SMARTS) is 1. The van der Waals surface area contributed by atoms with E-state index in [-0.39, 0.29) is 11.5 Å². The Hall–Kier alpha value is -0.890. The van der Waals surface area contributed by atoms with Crippen LogP contribution in [-0.2, 0) is 0 Å². The average molecular weight is 339 g/mol. The zero-order valence-corrected chi connectivity index (χ0v) is 14.2. The van der Waals surface area contributed by atoms with Gasteiger partial charge in [-0.25, -0.2) is 9.69 Å². The summed E-state index contributed by atoms with van der Waals surface area (Å²) in [5, 5.41) is 29.2. The quantitative estimate of drug-likeness (QED) is 0.687. The maximum atomic E-state index is 11.1. The smallest absolute Gasteiger partial charge is 0.407 e. The predicted octanol–water partition coefficient (Wildman–Crippen LogP) is 0.716. The summed E-state index contributed by atoms with van der Waals surface area (Å²) in [4.78, 5) is 17.1. The normalized spacial score (nSPS) is 41.9. The molecule has 0 aromatic heterocycles. The van der Waals surface area contributed by atoms with E-state index in [9.17, 15) is 15.0 Å². The fraction of sp³-hybridized carbons (Fsp3) is 0.941. The van der Waals surface area contributed by atoms with Crippen molar-refractivity contribution in [2.24, 2.45) is 5.41 Å². The number of rotatable bonds is 2. The summed E-state index contributed by atoms with van der Waals surface area (Å²) in [6.07, 6.45) is 4.86. The zero-order chi connectivity index (χ0) is 16.9. The minimum absolute atomic E-state index is 0.237. The fourth-order valence-corrected chi connectivity index (χ4v) is 5.46. The van der Waals surface area contributed by atoms with Crippen LogP contribution in [0.3, 0.4) is 0 Å². The van der Waals surface area contributed by atoms with Gasteiger partial charge in [-0.3, -0.25) is 0 Å². The lowest BCUT2D eigenvalue weighted by atomic mass is 9.64. The molecule has 3 aliphatic heterocycles. The number of nitrogens with zero attached hydrogens (tertiary/aromatic N) is 3. The molecule has 3 N–H and O–H groups in total. The second-order valence-corrected chi connectivity index (χ2v) is 8.27. The van der Waals surface area contributed by atoms with Crippen molar-refractivity contribution in [3.63, 3.8) is 0 Å².